The van der Waals surface area contributed by atoms with Crippen molar-refractivity contribution in [3.8, 4) is 5.69 Å². The van der Waals surface area contributed by atoms with E-state index in [2.05, 4.69) is 34.7 Å². The van der Waals surface area contributed by atoms with Crippen LogP contribution in [0.4, 0.5) is 0 Å². The Morgan fingerprint density at radius 3 is 2.79 bits per heavy atom. The number of hydrogen-bond acceptors (Lipinski definition) is 5. The van der Waals surface area contributed by atoms with Crippen LogP contribution in [0, 0.1) is 5.92 Å². The van der Waals surface area contributed by atoms with E-state index in [1.807, 2.05) is 30.3 Å². The van der Waals surface area contributed by atoms with Crippen molar-refractivity contribution in [2.75, 3.05) is 12.3 Å². The molecule has 1 heterocycles. The summed E-state index contributed by atoms with van der Waals surface area (Å²) in [6.45, 7) is 5.12. The van der Waals surface area contributed by atoms with Gasteiger partial charge in [0.1, 0.15) is 0 Å². The predicted molar refractivity (Wildman–Crippen MR) is 96.2 cm³/mol. The summed E-state index contributed by atoms with van der Waals surface area (Å²) in [6, 6.07) is 9.66. The minimum absolute atomic E-state index is 0.0255. The van der Waals surface area contributed by atoms with Crippen molar-refractivity contribution in [1.82, 2.24) is 25.5 Å². The highest BCUT2D eigenvalue weighted by atomic mass is 32.2. The van der Waals surface area contributed by atoms with Crippen LogP contribution in [0.15, 0.2) is 35.5 Å². The summed E-state index contributed by atoms with van der Waals surface area (Å²) in [4.78, 5) is 12.1. The molecule has 2 aromatic rings. The van der Waals surface area contributed by atoms with Gasteiger partial charge in [0.05, 0.1) is 11.4 Å². The number of hydrogen-bond donors (Lipinski definition) is 1. The molecule has 130 valence electrons. The molecule has 7 heteroatoms. The van der Waals surface area contributed by atoms with E-state index in [9.17, 15) is 4.79 Å². The van der Waals surface area contributed by atoms with Crippen LogP contribution in [-0.2, 0) is 4.79 Å². The molecule has 0 aliphatic carbocycles. The van der Waals surface area contributed by atoms with Gasteiger partial charge in [0.2, 0.25) is 11.1 Å². The molecule has 1 atom stereocenters. The second-order valence-corrected chi connectivity index (χ2v) is 6.66. The van der Waals surface area contributed by atoms with Gasteiger partial charge in [-0.05, 0) is 34.9 Å². The number of rotatable bonds is 10. The molecule has 0 spiro atoms. The Kier molecular flexibility index (Phi) is 7.74. The average molecular weight is 347 g/mol. The van der Waals surface area contributed by atoms with E-state index < -0.39 is 0 Å². The Labute approximate surface area is 147 Å². The van der Waals surface area contributed by atoms with Crippen LogP contribution in [0.5, 0.6) is 0 Å². The van der Waals surface area contributed by atoms with Gasteiger partial charge >= 0.3 is 0 Å². The highest BCUT2D eigenvalue weighted by molar-refractivity contribution is 7.99. The van der Waals surface area contributed by atoms with E-state index in [1.54, 1.807) is 4.68 Å². The summed E-state index contributed by atoms with van der Waals surface area (Å²) in [5.74, 6) is 0.906. The van der Waals surface area contributed by atoms with Gasteiger partial charge in [-0.1, -0.05) is 63.1 Å². The Morgan fingerprint density at radius 2 is 2.08 bits per heavy atom. The first-order valence-electron chi connectivity index (χ1n) is 8.47. The maximum atomic E-state index is 12.1. The van der Waals surface area contributed by atoms with E-state index in [0.29, 0.717) is 16.8 Å². The minimum atomic E-state index is 0.0255. The van der Waals surface area contributed by atoms with E-state index in [-0.39, 0.29) is 5.91 Å². The number of benzene rings is 1. The number of unbranched alkanes of at least 4 members (excludes halogenated alkanes) is 1. The first kappa shape index (κ1) is 18.4. The number of aromatic nitrogens is 4. The number of thioether (sulfide) groups is 1. The Balaban J connectivity index is 1.81. The molecule has 0 bridgehead atoms. The average Bonchev–Trinajstić information content (AvgIpc) is 3.09. The molecule has 0 aliphatic rings. The zero-order valence-corrected chi connectivity index (χ0v) is 15.1. The number of nitrogens with zero attached hydrogens (tertiary/aromatic N) is 4. The van der Waals surface area contributed by atoms with Crippen molar-refractivity contribution in [2.24, 2.45) is 5.92 Å². The van der Waals surface area contributed by atoms with Gasteiger partial charge in [-0.25, -0.2) is 0 Å². The lowest BCUT2D eigenvalue weighted by molar-refractivity contribution is -0.118. The second kappa shape index (κ2) is 10.1. The smallest absolute Gasteiger partial charge is 0.230 e. The van der Waals surface area contributed by atoms with Gasteiger partial charge in [0.25, 0.3) is 0 Å². The van der Waals surface area contributed by atoms with Crippen LogP contribution in [-0.4, -0.2) is 38.4 Å². The molecule has 2 rings (SSSR count). The number of carbonyl (C=O) groups excluding carboxylic acids is 1. The summed E-state index contributed by atoms with van der Waals surface area (Å²) in [5.41, 5.74) is 0.885. The van der Waals surface area contributed by atoms with E-state index in [0.717, 1.165) is 18.7 Å². The first-order chi connectivity index (χ1) is 11.7. The zero-order valence-electron chi connectivity index (χ0n) is 14.3. The molecule has 1 amide bonds. The second-order valence-electron chi connectivity index (χ2n) is 5.72. The topological polar surface area (TPSA) is 72.7 Å². The van der Waals surface area contributed by atoms with Crippen molar-refractivity contribution in [1.29, 1.82) is 0 Å². The fourth-order valence-electron chi connectivity index (χ4n) is 2.38. The first-order valence-corrected chi connectivity index (χ1v) is 9.46. The number of nitrogens with one attached hydrogen (secondary N) is 1. The van der Waals surface area contributed by atoms with Gasteiger partial charge in [-0.2, -0.15) is 4.68 Å². The third kappa shape index (κ3) is 5.63. The highest BCUT2D eigenvalue weighted by Crippen LogP contribution is 2.17. The van der Waals surface area contributed by atoms with Crippen LogP contribution in [0.2, 0.25) is 0 Å². The third-order valence-corrected chi connectivity index (χ3v) is 4.82. The normalized spacial score (nSPS) is 12.1. The standard InChI is InChI=1S/C17H25N5OS/c1-3-5-9-14(4-2)12-18-16(23)13-24-17-19-20-21-22(17)15-10-7-6-8-11-15/h6-8,10-11,14H,3-5,9,12-13H2,1-2H3,(H,18,23)/t14-/m0/s1. The van der Waals surface area contributed by atoms with E-state index in [1.165, 1.54) is 31.0 Å². The van der Waals surface area contributed by atoms with Gasteiger partial charge < -0.3 is 5.32 Å². The van der Waals surface area contributed by atoms with Crippen molar-refractivity contribution in [3.63, 3.8) is 0 Å². The van der Waals surface area contributed by atoms with Crippen molar-refractivity contribution < 1.29 is 4.79 Å². The number of amides is 1. The molecule has 0 radical (unpaired) electrons. The largest absolute Gasteiger partial charge is 0.355 e. The zero-order chi connectivity index (χ0) is 17.2. The van der Waals surface area contributed by atoms with E-state index >= 15 is 0 Å². The highest BCUT2D eigenvalue weighted by Gasteiger charge is 2.12. The number of para-hydroxylation sites is 1. The maximum Gasteiger partial charge on any atom is 0.230 e. The summed E-state index contributed by atoms with van der Waals surface area (Å²) < 4.78 is 1.65. The fourth-order valence-corrected chi connectivity index (χ4v) is 3.10. The molecule has 6 nitrogen and oxygen atoms in total. The van der Waals surface area contributed by atoms with Crippen LogP contribution in [0.3, 0.4) is 0 Å². The molecule has 0 aliphatic heterocycles. The SMILES string of the molecule is CCCC[C@H](CC)CNC(=O)CSc1nnnn1-c1ccccc1. The summed E-state index contributed by atoms with van der Waals surface area (Å²) in [6.07, 6.45) is 4.68. The maximum absolute atomic E-state index is 12.1. The molecular formula is C17H25N5OS. The molecule has 24 heavy (non-hydrogen) atoms. The Hall–Kier alpha value is -1.89. The third-order valence-electron chi connectivity index (χ3n) is 3.91. The minimum Gasteiger partial charge on any atom is -0.355 e. The van der Waals surface area contributed by atoms with Crippen LogP contribution < -0.4 is 5.32 Å². The van der Waals surface area contributed by atoms with Gasteiger partial charge in [0.15, 0.2) is 0 Å². The lowest BCUT2D eigenvalue weighted by atomic mass is 9.99. The number of tetrazole rings is 1. The number of carbonyl (C=O) groups is 1. The Morgan fingerprint density at radius 1 is 1.29 bits per heavy atom. The Bertz CT molecular complexity index is 616. The van der Waals surface area contributed by atoms with Crippen molar-refractivity contribution in [2.45, 2.75) is 44.7 Å². The van der Waals surface area contributed by atoms with Crippen molar-refractivity contribution >= 4 is 17.7 Å². The van der Waals surface area contributed by atoms with Crippen LogP contribution in [0.25, 0.3) is 5.69 Å². The summed E-state index contributed by atoms with van der Waals surface area (Å²) >= 11 is 1.35. The van der Waals surface area contributed by atoms with Crippen LogP contribution in [0.1, 0.15) is 39.5 Å². The molecule has 0 saturated heterocycles. The molecule has 0 saturated carbocycles. The predicted octanol–water partition coefficient (Wildman–Crippen LogP) is 3.09. The van der Waals surface area contributed by atoms with Gasteiger partial charge in [0, 0.05) is 6.54 Å². The fraction of sp³-hybridized carbons (Fsp3) is 0.529. The lowest BCUT2D eigenvalue weighted by Gasteiger charge is -2.15. The molecule has 0 unspecified atom stereocenters. The summed E-state index contributed by atoms with van der Waals surface area (Å²) in [7, 11) is 0. The quantitative estimate of drug-likeness (QED) is 0.669. The van der Waals surface area contributed by atoms with Gasteiger partial charge in [-0.3, -0.25) is 4.79 Å². The molecule has 1 N–H and O–H groups in total. The molecular weight excluding hydrogens is 322 g/mol. The molecule has 1 aromatic heterocycles. The molecule has 1 aromatic carbocycles. The van der Waals surface area contributed by atoms with Crippen molar-refractivity contribution in [3.05, 3.63) is 30.3 Å². The monoisotopic (exact) mass is 347 g/mol. The molecule has 0 fully saturated rings. The van der Waals surface area contributed by atoms with E-state index in [4.69, 9.17) is 0 Å². The van der Waals surface area contributed by atoms with Crippen LogP contribution >= 0.6 is 11.8 Å². The van der Waals surface area contributed by atoms with Gasteiger partial charge in [-0.15, -0.1) is 5.10 Å². The summed E-state index contributed by atoms with van der Waals surface area (Å²) in [5, 5.41) is 15.3. The lowest BCUT2D eigenvalue weighted by Crippen LogP contribution is -2.30.